The van der Waals surface area contributed by atoms with Crippen LogP contribution in [0.3, 0.4) is 0 Å². The first kappa shape index (κ1) is 13.4. The van der Waals surface area contributed by atoms with Crippen molar-refractivity contribution < 1.29 is 13.9 Å². The average molecular weight is 264 g/mol. The molecule has 2 rings (SSSR count). The second kappa shape index (κ2) is 5.75. The van der Waals surface area contributed by atoms with E-state index in [0.29, 0.717) is 12.1 Å². The Morgan fingerprint density at radius 2 is 1.79 bits per heavy atom. The van der Waals surface area contributed by atoms with Crippen LogP contribution in [0.15, 0.2) is 36.7 Å². The molecular weight excluding hydrogens is 250 g/mol. The molecule has 0 bridgehead atoms. The molecule has 0 aliphatic carbocycles. The van der Waals surface area contributed by atoms with Gasteiger partial charge in [0.15, 0.2) is 17.4 Å². The molecular formula is C14H14F2N2O. The minimum absolute atomic E-state index is 0.0305. The average Bonchev–Trinajstić information content (AvgIpc) is 2.43. The molecule has 0 fully saturated rings. The fraction of sp³-hybridized carbons (Fsp3) is 0.214. The van der Waals surface area contributed by atoms with Crippen molar-refractivity contribution in [3.05, 3.63) is 59.4 Å². The molecule has 2 N–H and O–H groups in total. The third-order valence-electron chi connectivity index (χ3n) is 2.90. The summed E-state index contributed by atoms with van der Waals surface area (Å²) in [5, 5.41) is 12.2. The lowest BCUT2D eigenvalue weighted by Crippen LogP contribution is -2.18. The number of phenolic OH excluding ortho intramolecular Hbond substituents is 1. The Bertz CT molecular complexity index is 538. The highest BCUT2D eigenvalue weighted by Gasteiger charge is 2.10. The van der Waals surface area contributed by atoms with Gasteiger partial charge in [0.05, 0.1) is 0 Å². The van der Waals surface area contributed by atoms with Crippen LogP contribution < -0.4 is 5.32 Å². The Labute approximate surface area is 109 Å². The molecule has 5 heteroatoms. The van der Waals surface area contributed by atoms with E-state index in [9.17, 15) is 8.78 Å². The van der Waals surface area contributed by atoms with Gasteiger partial charge in [0.25, 0.3) is 0 Å². The summed E-state index contributed by atoms with van der Waals surface area (Å²) in [6.07, 6.45) is 3.38. The SMILES string of the molecule is C[C@@H](NCc1cc(F)c(O)c(F)c1)c1ccncc1. The highest BCUT2D eigenvalue weighted by molar-refractivity contribution is 5.30. The maximum Gasteiger partial charge on any atom is 0.187 e. The first-order chi connectivity index (χ1) is 9.08. The summed E-state index contributed by atoms with van der Waals surface area (Å²) in [4.78, 5) is 3.92. The van der Waals surface area contributed by atoms with Crippen molar-refractivity contribution in [2.75, 3.05) is 0 Å². The van der Waals surface area contributed by atoms with Gasteiger partial charge in [-0.25, -0.2) is 8.78 Å². The first-order valence-corrected chi connectivity index (χ1v) is 5.88. The number of hydrogen-bond donors (Lipinski definition) is 2. The number of halogens is 2. The van der Waals surface area contributed by atoms with Crippen molar-refractivity contribution in [1.82, 2.24) is 10.3 Å². The van der Waals surface area contributed by atoms with Crippen LogP contribution in [-0.4, -0.2) is 10.1 Å². The Balaban J connectivity index is 2.03. The minimum atomic E-state index is -0.951. The van der Waals surface area contributed by atoms with Gasteiger partial charge >= 0.3 is 0 Å². The van der Waals surface area contributed by atoms with Gasteiger partial charge < -0.3 is 10.4 Å². The number of rotatable bonds is 4. The second-order valence-electron chi connectivity index (χ2n) is 4.29. The molecule has 100 valence electrons. The van der Waals surface area contributed by atoms with Crippen molar-refractivity contribution in [2.45, 2.75) is 19.5 Å². The zero-order valence-corrected chi connectivity index (χ0v) is 10.4. The van der Waals surface area contributed by atoms with Gasteiger partial charge in [-0.05, 0) is 42.3 Å². The molecule has 0 aliphatic heterocycles. The third kappa shape index (κ3) is 3.26. The number of aromatic nitrogens is 1. The van der Waals surface area contributed by atoms with E-state index in [1.54, 1.807) is 12.4 Å². The second-order valence-corrected chi connectivity index (χ2v) is 4.29. The van der Waals surface area contributed by atoms with E-state index in [-0.39, 0.29) is 6.04 Å². The monoisotopic (exact) mass is 264 g/mol. The number of benzene rings is 1. The standard InChI is InChI=1S/C14H14F2N2O/c1-9(11-2-4-17-5-3-11)18-8-10-6-12(15)14(19)13(16)7-10/h2-7,9,18-19H,8H2,1H3/t9-/m1/s1. The summed E-state index contributed by atoms with van der Waals surface area (Å²) >= 11 is 0. The van der Waals surface area contributed by atoms with Gasteiger partial charge in [-0.3, -0.25) is 4.98 Å². The van der Waals surface area contributed by atoms with Gasteiger partial charge in [0.1, 0.15) is 0 Å². The van der Waals surface area contributed by atoms with Crippen LogP contribution in [0.4, 0.5) is 8.78 Å². The molecule has 1 heterocycles. The zero-order chi connectivity index (χ0) is 13.8. The highest BCUT2D eigenvalue weighted by Crippen LogP contribution is 2.21. The van der Waals surface area contributed by atoms with Crippen LogP contribution >= 0.6 is 0 Å². The lowest BCUT2D eigenvalue weighted by molar-refractivity contribution is 0.394. The summed E-state index contributed by atoms with van der Waals surface area (Å²) in [7, 11) is 0. The van der Waals surface area contributed by atoms with Crippen molar-refractivity contribution >= 4 is 0 Å². The van der Waals surface area contributed by atoms with E-state index in [1.165, 1.54) is 0 Å². The smallest absolute Gasteiger partial charge is 0.187 e. The van der Waals surface area contributed by atoms with Gasteiger partial charge in [-0.15, -0.1) is 0 Å². The van der Waals surface area contributed by atoms with Crippen molar-refractivity contribution in [3.8, 4) is 5.75 Å². The van der Waals surface area contributed by atoms with E-state index in [2.05, 4.69) is 10.3 Å². The number of pyridine rings is 1. The largest absolute Gasteiger partial charge is 0.503 e. The molecule has 0 radical (unpaired) electrons. The van der Waals surface area contributed by atoms with Crippen LogP contribution in [0.5, 0.6) is 5.75 Å². The maximum absolute atomic E-state index is 13.2. The Morgan fingerprint density at radius 3 is 2.37 bits per heavy atom. The van der Waals surface area contributed by atoms with Gasteiger partial charge in [0, 0.05) is 25.0 Å². The molecule has 2 aromatic rings. The summed E-state index contributed by atoms with van der Waals surface area (Å²) in [5.74, 6) is -2.84. The predicted octanol–water partition coefficient (Wildman–Crippen LogP) is 2.92. The zero-order valence-electron chi connectivity index (χ0n) is 10.4. The van der Waals surface area contributed by atoms with E-state index >= 15 is 0 Å². The number of aromatic hydroxyl groups is 1. The van der Waals surface area contributed by atoms with Crippen LogP contribution in [0.25, 0.3) is 0 Å². The molecule has 1 aromatic heterocycles. The maximum atomic E-state index is 13.2. The van der Waals surface area contributed by atoms with Crippen LogP contribution in [0.1, 0.15) is 24.1 Å². The molecule has 0 aliphatic rings. The highest BCUT2D eigenvalue weighted by atomic mass is 19.1. The van der Waals surface area contributed by atoms with Gasteiger partial charge in [-0.1, -0.05) is 0 Å². The third-order valence-corrected chi connectivity index (χ3v) is 2.90. The minimum Gasteiger partial charge on any atom is -0.503 e. The molecule has 1 atom stereocenters. The lowest BCUT2D eigenvalue weighted by Gasteiger charge is -2.14. The van der Waals surface area contributed by atoms with E-state index in [1.807, 2.05) is 19.1 Å². The van der Waals surface area contributed by atoms with Gasteiger partial charge in [-0.2, -0.15) is 0 Å². The van der Waals surface area contributed by atoms with Crippen molar-refractivity contribution in [1.29, 1.82) is 0 Å². The topological polar surface area (TPSA) is 45.1 Å². The van der Waals surface area contributed by atoms with Crippen LogP contribution in [-0.2, 0) is 6.54 Å². The first-order valence-electron chi connectivity index (χ1n) is 5.88. The molecule has 0 saturated carbocycles. The Morgan fingerprint density at radius 1 is 1.21 bits per heavy atom. The van der Waals surface area contributed by atoms with E-state index < -0.39 is 17.4 Å². The van der Waals surface area contributed by atoms with Gasteiger partial charge in [0.2, 0.25) is 0 Å². The Hall–Kier alpha value is -2.01. The number of phenols is 1. The lowest BCUT2D eigenvalue weighted by atomic mass is 10.1. The van der Waals surface area contributed by atoms with Crippen molar-refractivity contribution in [3.63, 3.8) is 0 Å². The summed E-state index contributed by atoms with van der Waals surface area (Å²) in [5.41, 5.74) is 1.48. The molecule has 0 unspecified atom stereocenters. The fourth-order valence-corrected chi connectivity index (χ4v) is 1.76. The van der Waals surface area contributed by atoms with Crippen molar-refractivity contribution in [2.24, 2.45) is 0 Å². The molecule has 0 saturated heterocycles. The fourth-order valence-electron chi connectivity index (χ4n) is 1.76. The predicted molar refractivity (Wildman–Crippen MR) is 67.5 cm³/mol. The normalized spacial score (nSPS) is 12.4. The summed E-state index contributed by atoms with van der Waals surface area (Å²) in [6.45, 7) is 2.25. The molecule has 3 nitrogen and oxygen atoms in total. The quantitative estimate of drug-likeness (QED) is 0.892. The Kier molecular flexibility index (Phi) is 4.06. The number of hydrogen-bond acceptors (Lipinski definition) is 3. The summed E-state index contributed by atoms with van der Waals surface area (Å²) < 4.78 is 26.3. The number of nitrogens with one attached hydrogen (secondary N) is 1. The molecule has 19 heavy (non-hydrogen) atoms. The van der Waals surface area contributed by atoms with E-state index in [4.69, 9.17) is 5.11 Å². The molecule has 1 aromatic carbocycles. The number of nitrogens with zero attached hydrogens (tertiary/aromatic N) is 1. The van der Waals surface area contributed by atoms with Crippen LogP contribution in [0.2, 0.25) is 0 Å². The van der Waals surface area contributed by atoms with Crippen LogP contribution in [0, 0.1) is 11.6 Å². The molecule has 0 amide bonds. The molecule has 0 spiro atoms. The summed E-state index contributed by atoms with van der Waals surface area (Å²) in [6, 6.07) is 6.00. The van der Waals surface area contributed by atoms with E-state index in [0.717, 1.165) is 17.7 Å².